The third-order valence-electron chi connectivity index (χ3n) is 2.19. The Kier molecular flexibility index (Phi) is 5.53. The van der Waals surface area contributed by atoms with E-state index < -0.39 is 23.9 Å². The van der Waals surface area contributed by atoms with Crippen molar-refractivity contribution in [3.05, 3.63) is 29.0 Å². The molecule has 0 aromatic heterocycles. The molecule has 3 N–H and O–H groups in total. The lowest BCUT2D eigenvalue weighted by Crippen LogP contribution is -2.39. The number of carboxylic acids is 1. The van der Waals surface area contributed by atoms with Gasteiger partial charge in [0.05, 0.1) is 11.6 Å². The van der Waals surface area contributed by atoms with Crippen LogP contribution in [0.15, 0.2) is 18.2 Å². The fourth-order valence-electron chi connectivity index (χ4n) is 1.21. The van der Waals surface area contributed by atoms with Gasteiger partial charge in [0.2, 0.25) is 0 Å². The Morgan fingerprint density at radius 3 is 2.74 bits per heavy atom. The third kappa shape index (κ3) is 4.72. The van der Waals surface area contributed by atoms with Gasteiger partial charge in [-0.15, -0.1) is 0 Å². The lowest BCUT2D eigenvalue weighted by molar-refractivity contribution is -0.147. The van der Waals surface area contributed by atoms with E-state index in [1.807, 2.05) is 0 Å². The number of carbonyl (C=O) groups excluding carboxylic acids is 1. The summed E-state index contributed by atoms with van der Waals surface area (Å²) in [6, 6.07) is 3.08. The highest BCUT2D eigenvalue weighted by Gasteiger charge is 2.17. The van der Waals surface area contributed by atoms with Crippen molar-refractivity contribution in [3.8, 4) is 0 Å². The molecule has 0 bridgehead atoms. The molecule has 0 aliphatic heterocycles. The predicted molar refractivity (Wildman–Crippen MR) is 66.9 cm³/mol. The number of carboxylic acid groups (broad SMARTS) is 1. The first-order valence-electron chi connectivity index (χ1n) is 5.19. The van der Waals surface area contributed by atoms with Gasteiger partial charge in [0.1, 0.15) is 5.82 Å². The van der Waals surface area contributed by atoms with Crippen molar-refractivity contribution in [2.45, 2.75) is 6.10 Å². The Hall–Kier alpha value is -1.86. The number of ether oxygens (including phenoxy) is 1. The highest BCUT2D eigenvalue weighted by Crippen LogP contribution is 2.18. The smallest absolute Gasteiger partial charge is 0.334 e. The van der Waals surface area contributed by atoms with Crippen molar-refractivity contribution in [1.82, 2.24) is 5.32 Å². The van der Waals surface area contributed by atoms with Crippen LogP contribution in [0.3, 0.4) is 0 Å². The van der Waals surface area contributed by atoms with Crippen LogP contribution in [0.1, 0.15) is 0 Å². The van der Waals surface area contributed by atoms with Crippen LogP contribution in [0.25, 0.3) is 0 Å². The lowest BCUT2D eigenvalue weighted by atomic mass is 10.3. The van der Waals surface area contributed by atoms with E-state index in [1.54, 1.807) is 0 Å². The molecule has 104 valence electrons. The average molecular weight is 291 g/mol. The normalized spacial score (nSPS) is 11.7. The molecule has 1 atom stereocenters. The highest BCUT2D eigenvalue weighted by molar-refractivity contribution is 6.30. The fourth-order valence-corrected chi connectivity index (χ4v) is 1.32. The van der Waals surface area contributed by atoms with Gasteiger partial charge in [-0.05, 0) is 18.2 Å². The fraction of sp³-hybridized carbons (Fsp3) is 0.273. The third-order valence-corrected chi connectivity index (χ3v) is 2.49. The van der Waals surface area contributed by atoms with Crippen LogP contribution in [0.4, 0.5) is 14.9 Å². The van der Waals surface area contributed by atoms with Crippen LogP contribution in [0.2, 0.25) is 5.02 Å². The van der Waals surface area contributed by atoms with E-state index in [-0.39, 0.29) is 17.3 Å². The summed E-state index contributed by atoms with van der Waals surface area (Å²) in [7, 11) is 1.22. The van der Waals surface area contributed by atoms with E-state index in [0.717, 1.165) is 6.07 Å². The number of methoxy groups -OCH3 is 1. The number of carbonyl (C=O) groups is 2. The van der Waals surface area contributed by atoms with Crippen molar-refractivity contribution < 1.29 is 23.8 Å². The summed E-state index contributed by atoms with van der Waals surface area (Å²) in [5.74, 6) is -1.86. The molecule has 0 aliphatic carbocycles. The quantitative estimate of drug-likeness (QED) is 0.770. The first-order valence-corrected chi connectivity index (χ1v) is 5.57. The van der Waals surface area contributed by atoms with Crippen LogP contribution >= 0.6 is 11.6 Å². The maximum Gasteiger partial charge on any atom is 0.334 e. The minimum atomic E-state index is -1.19. The van der Waals surface area contributed by atoms with E-state index in [0.29, 0.717) is 0 Å². The maximum atomic E-state index is 13.1. The first-order chi connectivity index (χ1) is 8.93. The van der Waals surface area contributed by atoms with Crippen LogP contribution in [-0.4, -0.2) is 36.9 Å². The average Bonchev–Trinajstić information content (AvgIpc) is 2.34. The van der Waals surface area contributed by atoms with Crippen molar-refractivity contribution >= 4 is 29.3 Å². The van der Waals surface area contributed by atoms with Crippen LogP contribution in [-0.2, 0) is 9.53 Å². The number of hydrogen-bond donors (Lipinski definition) is 3. The molecule has 1 unspecified atom stereocenters. The Bertz CT molecular complexity index is 484. The summed E-state index contributed by atoms with van der Waals surface area (Å²) < 4.78 is 17.7. The summed E-state index contributed by atoms with van der Waals surface area (Å²) in [5.41, 5.74) is 0.198. The largest absolute Gasteiger partial charge is 0.479 e. The van der Waals surface area contributed by atoms with E-state index in [4.69, 9.17) is 16.7 Å². The van der Waals surface area contributed by atoms with E-state index in [1.165, 1.54) is 19.2 Å². The molecule has 19 heavy (non-hydrogen) atoms. The van der Waals surface area contributed by atoms with Crippen molar-refractivity contribution in [2.75, 3.05) is 19.0 Å². The second kappa shape index (κ2) is 6.91. The lowest BCUT2D eigenvalue weighted by Gasteiger charge is -2.12. The molecule has 0 spiro atoms. The summed E-state index contributed by atoms with van der Waals surface area (Å²) in [6.07, 6.45) is -1.15. The number of halogens is 2. The minimum Gasteiger partial charge on any atom is -0.479 e. The molecule has 6 nitrogen and oxygen atoms in total. The topological polar surface area (TPSA) is 87.7 Å². The van der Waals surface area contributed by atoms with Gasteiger partial charge in [0.15, 0.2) is 6.10 Å². The van der Waals surface area contributed by atoms with Gasteiger partial charge in [-0.2, -0.15) is 0 Å². The monoisotopic (exact) mass is 290 g/mol. The van der Waals surface area contributed by atoms with Gasteiger partial charge in [-0.1, -0.05) is 11.6 Å². The predicted octanol–water partition coefficient (Wildman–Crippen LogP) is 1.70. The molecule has 0 aliphatic rings. The molecular formula is C11H12ClFN2O4. The summed E-state index contributed by atoms with van der Waals surface area (Å²) in [4.78, 5) is 22.0. The summed E-state index contributed by atoms with van der Waals surface area (Å²) in [6.45, 7) is -0.215. The number of amides is 2. The number of nitrogens with one attached hydrogen (secondary N) is 2. The minimum absolute atomic E-state index is 0.0590. The van der Waals surface area contributed by atoms with E-state index in [2.05, 4.69) is 15.4 Å². The number of benzene rings is 1. The van der Waals surface area contributed by atoms with Gasteiger partial charge in [0.25, 0.3) is 0 Å². The van der Waals surface area contributed by atoms with Gasteiger partial charge >= 0.3 is 12.0 Å². The van der Waals surface area contributed by atoms with Gasteiger partial charge in [-0.25, -0.2) is 14.0 Å². The molecule has 0 radical (unpaired) electrons. The van der Waals surface area contributed by atoms with Crippen molar-refractivity contribution in [1.29, 1.82) is 0 Å². The Morgan fingerprint density at radius 2 is 2.21 bits per heavy atom. The van der Waals surface area contributed by atoms with Gasteiger partial charge in [-0.3, -0.25) is 0 Å². The maximum absolute atomic E-state index is 13.1. The van der Waals surface area contributed by atoms with Gasteiger partial charge in [0, 0.05) is 12.8 Å². The number of urea groups is 1. The molecule has 0 heterocycles. The molecule has 8 heteroatoms. The summed E-state index contributed by atoms with van der Waals surface area (Å²) >= 11 is 5.49. The summed E-state index contributed by atoms with van der Waals surface area (Å²) in [5, 5.41) is 13.2. The van der Waals surface area contributed by atoms with Crippen molar-refractivity contribution in [2.24, 2.45) is 0 Å². The van der Waals surface area contributed by atoms with Crippen molar-refractivity contribution in [3.63, 3.8) is 0 Å². The molecular weight excluding hydrogens is 279 g/mol. The standard InChI is InChI=1S/C11H12ClFN2O4/c1-19-9(10(16)17)5-14-11(18)15-6-2-3-7(12)8(13)4-6/h2-4,9H,5H2,1H3,(H,16,17)(H2,14,15,18). The number of hydrogen-bond acceptors (Lipinski definition) is 3. The molecule has 1 aromatic carbocycles. The number of rotatable bonds is 5. The second-order valence-corrected chi connectivity index (χ2v) is 3.93. The molecule has 0 saturated carbocycles. The van der Waals surface area contributed by atoms with E-state index in [9.17, 15) is 14.0 Å². The Labute approximate surface area is 113 Å². The molecule has 0 saturated heterocycles. The van der Waals surface area contributed by atoms with E-state index >= 15 is 0 Å². The molecule has 0 fully saturated rings. The zero-order valence-electron chi connectivity index (χ0n) is 9.94. The van der Waals surface area contributed by atoms with Crippen LogP contribution < -0.4 is 10.6 Å². The Morgan fingerprint density at radius 1 is 1.53 bits per heavy atom. The molecule has 1 aromatic rings. The van der Waals surface area contributed by atoms with Crippen LogP contribution in [0, 0.1) is 5.82 Å². The number of anilines is 1. The SMILES string of the molecule is COC(CNC(=O)Nc1ccc(Cl)c(F)c1)C(=O)O. The second-order valence-electron chi connectivity index (χ2n) is 3.53. The first kappa shape index (κ1) is 15.2. The van der Waals surface area contributed by atoms with Crippen LogP contribution in [0.5, 0.6) is 0 Å². The van der Waals surface area contributed by atoms with Gasteiger partial charge < -0.3 is 20.5 Å². The molecule has 2 amide bonds. The highest BCUT2D eigenvalue weighted by atomic mass is 35.5. The zero-order chi connectivity index (χ0) is 14.4. The number of aliphatic carboxylic acids is 1. The molecule has 1 rings (SSSR count). The zero-order valence-corrected chi connectivity index (χ0v) is 10.7. The Balaban J connectivity index is 2.51.